The zero-order valence-corrected chi connectivity index (χ0v) is 7.07. The van der Waals surface area contributed by atoms with Crippen LogP contribution >= 0.6 is 10.7 Å². The summed E-state index contributed by atoms with van der Waals surface area (Å²) in [5.74, 6) is -0.852. The lowest BCUT2D eigenvalue weighted by Crippen LogP contribution is -2.24. The maximum absolute atomic E-state index is 10.5. The fraction of sp³-hybridized carbons (Fsp3) is 0.750. The highest BCUT2D eigenvalue weighted by Crippen LogP contribution is 2.07. The van der Waals surface area contributed by atoms with Crippen LogP contribution in [0.3, 0.4) is 0 Å². The van der Waals surface area contributed by atoms with E-state index >= 15 is 0 Å². The predicted molar refractivity (Wildman–Crippen MR) is 36.3 cm³/mol. The van der Waals surface area contributed by atoms with E-state index in [1.807, 2.05) is 0 Å². The van der Waals surface area contributed by atoms with Gasteiger partial charge in [-0.2, -0.15) is 0 Å². The molecule has 0 heterocycles. The predicted octanol–water partition coefficient (Wildman–Crippen LogP) is 0.116. The van der Waals surface area contributed by atoms with Crippen LogP contribution in [0.25, 0.3) is 0 Å². The van der Waals surface area contributed by atoms with Crippen molar-refractivity contribution in [3.63, 3.8) is 0 Å². The molecule has 0 aromatic carbocycles. The van der Waals surface area contributed by atoms with E-state index in [9.17, 15) is 13.2 Å². The highest BCUT2D eigenvalue weighted by molar-refractivity contribution is 8.14. The lowest BCUT2D eigenvalue weighted by atomic mass is 10.5. The smallest absolute Gasteiger partial charge is 0.325 e. The molecule has 0 bridgehead atoms. The van der Waals surface area contributed by atoms with E-state index in [2.05, 4.69) is 4.74 Å². The van der Waals surface area contributed by atoms with Gasteiger partial charge in [-0.3, -0.25) is 4.79 Å². The van der Waals surface area contributed by atoms with Crippen LogP contribution in [0.5, 0.6) is 0 Å². The zero-order chi connectivity index (χ0) is 8.36. The van der Waals surface area contributed by atoms with Crippen molar-refractivity contribution in [1.29, 1.82) is 0 Å². The first-order valence-electron chi connectivity index (χ1n) is 2.41. The molecule has 6 heteroatoms. The van der Waals surface area contributed by atoms with Gasteiger partial charge < -0.3 is 4.74 Å². The fourth-order valence-corrected chi connectivity index (χ4v) is 0.825. The number of halogens is 1. The first-order chi connectivity index (χ1) is 4.39. The molecule has 0 aliphatic carbocycles. The van der Waals surface area contributed by atoms with Crippen LogP contribution in [0.2, 0.25) is 0 Å². The molecule has 0 saturated carbocycles. The summed E-state index contributed by atoms with van der Waals surface area (Å²) in [6.07, 6.45) is 0. The van der Waals surface area contributed by atoms with Gasteiger partial charge in [0.25, 0.3) is 0 Å². The zero-order valence-electron chi connectivity index (χ0n) is 5.50. The largest absolute Gasteiger partial charge is 0.468 e. The Labute approximate surface area is 63.5 Å². The third-order valence-electron chi connectivity index (χ3n) is 0.955. The van der Waals surface area contributed by atoms with Crippen molar-refractivity contribution in [1.82, 2.24) is 0 Å². The number of esters is 1. The van der Waals surface area contributed by atoms with Crippen molar-refractivity contribution in [2.75, 3.05) is 7.11 Å². The van der Waals surface area contributed by atoms with E-state index in [-0.39, 0.29) is 0 Å². The normalized spacial score (nSPS) is 14.3. The summed E-state index contributed by atoms with van der Waals surface area (Å²) < 4.78 is 24.9. The fourth-order valence-electron chi connectivity index (χ4n) is 0.281. The summed E-state index contributed by atoms with van der Waals surface area (Å²) in [6, 6.07) is 0. The van der Waals surface area contributed by atoms with Gasteiger partial charge in [0.15, 0.2) is 5.25 Å². The molecule has 1 atom stereocenters. The Balaban J connectivity index is 4.39. The Bertz CT molecular complexity index is 219. The number of ether oxygens (including phenoxy) is 1. The monoisotopic (exact) mass is 186 g/mol. The SMILES string of the molecule is COC(=O)[C@@H](C)S(=O)(=O)Cl. The molecule has 0 aliphatic rings. The van der Waals surface area contributed by atoms with Crippen LogP contribution in [-0.2, 0) is 18.6 Å². The van der Waals surface area contributed by atoms with Crippen molar-refractivity contribution >= 4 is 25.7 Å². The van der Waals surface area contributed by atoms with Gasteiger partial charge in [0.1, 0.15) is 0 Å². The van der Waals surface area contributed by atoms with Gasteiger partial charge >= 0.3 is 5.97 Å². The van der Waals surface area contributed by atoms with E-state index in [1.54, 1.807) is 0 Å². The second kappa shape index (κ2) is 3.21. The highest BCUT2D eigenvalue weighted by Gasteiger charge is 2.26. The lowest BCUT2D eigenvalue weighted by molar-refractivity contribution is -0.139. The van der Waals surface area contributed by atoms with Crippen LogP contribution in [-0.4, -0.2) is 26.7 Å². The van der Waals surface area contributed by atoms with E-state index < -0.39 is 20.3 Å². The molecule has 0 aromatic heterocycles. The highest BCUT2D eigenvalue weighted by atomic mass is 35.7. The van der Waals surface area contributed by atoms with Crippen molar-refractivity contribution < 1.29 is 17.9 Å². The molecule has 0 aromatic rings. The molecule has 60 valence electrons. The van der Waals surface area contributed by atoms with Crippen LogP contribution in [0, 0.1) is 0 Å². The summed E-state index contributed by atoms with van der Waals surface area (Å²) in [7, 11) is 2.11. The number of carbonyl (C=O) groups is 1. The van der Waals surface area contributed by atoms with Gasteiger partial charge in [-0.1, -0.05) is 0 Å². The van der Waals surface area contributed by atoms with Gasteiger partial charge in [-0.05, 0) is 6.92 Å². The lowest BCUT2D eigenvalue weighted by Gasteiger charge is -2.02. The molecule has 0 aliphatic heterocycles. The third kappa shape index (κ3) is 2.53. The Kier molecular flexibility index (Phi) is 3.11. The Morgan fingerprint density at radius 1 is 1.60 bits per heavy atom. The summed E-state index contributed by atoms with van der Waals surface area (Å²) in [5, 5.41) is -1.29. The number of hydrogen-bond donors (Lipinski definition) is 0. The van der Waals surface area contributed by atoms with E-state index in [4.69, 9.17) is 10.7 Å². The maximum Gasteiger partial charge on any atom is 0.325 e. The van der Waals surface area contributed by atoms with Gasteiger partial charge in [-0.15, -0.1) is 0 Å². The van der Waals surface area contributed by atoms with Crippen LogP contribution in [0.15, 0.2) is 0 Å². The van der Waals surface area contributed by atoms with Gasteiger partial charge in [0, 0.05) is 10.7 Å². The van der Waals surface area contributed by atoms with Crippen molar-refractivity contribution in [3.05, 3.63) is 0 Å². The van der Waals surface area contributed by atoms with Gasteiger partial charge in [0.2, 0.25) is 9.05 Å². The number of rotatable bonds is 2. The van der Waals surface area contributed by atoms with Gasteiger partial charge in [0.05, 0.1) is 7.11 Å². The summed E-state index contributed by atoms with van der Waals surface area (Å²) >= 11 is 0. The average Bonchev–Trinajstić information content (AvgIpc) is 1.83. The Morgan fingerprint density at radius 2 is 2.00 bits per heavy atom. The van der Waals surface area contributed by atoms with Crippen molar-refractivity contribution in [2.45, 2.75) is 12.2 Å². The standard InChI is InChI=1S/C4H7ClO4S/c1-3(4(6)9-2)10(5,7)8/h3H,1-2H3/t3-/m1/s1. The summed E-state index contributed by atoms with van der Waals surface area (Å²) in [5.41, 5.74) is 0. The summed E-state index contributed by atoms with van der Waals surface area (Å²) in [6.45, 7) is 1.16. The minimum Gasteiger partial charge on any atom is -0.468 e. The molecule has 10 heavy (non-hydrogen) atoms. The average molecular weight is 187 g/mol. The summed E-state index contributed by atoms with van der Waals surface area (Å²) in [4.78, 5) is 10.5. The maximum atomic E-state index is 10.5. The van der Waals surface area contributed by atoms with Crippen molar-refractivity contribution in [3.8, 4) is 0 Å². The Morgan fingerprint density at radius 3 is 2.10 bits per heavy atom. The number of carbonyl (C=O) groups excluding carboxylic acids is 1. The number of methoxy groups -OCH3 is 1. The Hall–Kier alpha value is -0.290. The second-order valence-corrected chi connectivity index (χ2v) is 4.59. The molecular weight excluding hydrogens is 180 g/mol. The molecular formula is C4H7ClO4S. The number of hydrogen-bond acceptors (Lipinski definition) is 4. The van der Waals surface area contributed by atoms with E-state index in [1.165, 1.54) is 0 Å². The molecule has 0 rings (SSSR count). The van der Waals surface area contributed by atoms with E-state index in [0.717, 1.165) is 14.0 Å². The molecule has 4 nitrogen and oxygen atoms in total. The molecule has 0 amide bonds. The van der Waals surface area contributed by atoms with Crippen LogP contribution in [0.1, 0.15) is 6.92 Å². The molecule has 0 unspecified atom stereocenters. The minimum absolute atomic E-state index is 0.852. The molecule has 0 radical (unpaired) electrons. The quantitative estimate of drug-likeness (QED) is 0.454. The molecule has 0 N–H and O–H groups in total. The minimum atomic E-state index is -3.82. The van der Waals surface area contributed by atoms with E-state index in [0.29, 0.717) is 0 Å². The van der Waals surface area contributed by atoms with Gasteiger partial charge in [-0.25, -0.2) is 8.42 Å². The third-order valence-corrected chi connectivity index (χ3v) is 2.79. The first kappa shape index (κ1) is 9.71. The first-order valence-corrected chi connectivity index (χ1v) is 4.78. The van der Waals surface area contributed by atoms with Crippen LogP contribution < -0.4 is 0 Å². The topological polar surface area (TPSA) is 60.4 Å². The second-order valence-electron chi connectivity index (χ2n) is 1.64. The molecule has 0 fully saturated rings. The van der Waals surface area contributed by atoms with Crippen molar-refractivity contribution in [2.24, 2.45) is 0 Å². The molecule has 0 spiro atoms. The molecule has 0 saturated heterocycles. The van der Waals surface area contributed by atoms with Crippen LogP contribution in [0.4, 0.5) is 0 Å².